The van der Waals surface area contributed by atoms with Gasteiger partial charge in [0.2, 0.25) is 5.91 Å². The Morgan fingerprint density at radius 3 is 2.69 bits per heavy atom. The topological polar surface area (TPSA) is 107 Å². The molecule has 1 amide bonds. The minimum Gasteiger partial charge on any atom is -0.325 e. The Kier molecular flexibility index (Phi) is 6.62. The van der Waals surface area contributed by atoms with Crippen molar-refractivity contribution in [2.45, 2.75) is 10.2 Å². The number of carbonyl (C=O) groups excluding carboxylic acids is 1. The maximum Gasteiger partial charge on any atom is 0.239 e. The van der Waals surface area contributed by atoms with E-state index in [4.69, 9.17) is 0 Å². The minimum atomic E-state index is -3.70. The Hall–Kier alpha value is -3.54. The molecule has 0 aliphatic heterocycles. The smallest absolute Gasteiger partial charge is 0.239 e. The first-order valence-electron chi connectivity index (χ1n) is 10.5. The number of fused-ring (bicyclic) bond motifs is 2. The summed E-state index contributed by atoms with van der Waals surface area (Å²) in [6.45, 7) is 0. The summed E-state index contributed by atoms with van der Waals surface area (Å²) in [6, 6.07) is 22.1. The standard InChI is InChI=1S/C24H19N5O3S3/c30-23(15-35(31,32)13-12-17-6-2-1-3-7-17)25-18-10-11-20-22(14-18)34-24(26-20)33-16-29-21-9-5-4-8-19(21)27-28-29/h1-14H,15-16H2,(H,25,30). The van der Waals surface area contributed by atoms with Gasteiger partial charge in [-0.05, 0) is 42.0 Å². The van der Waals surface area contributed by atoms with Crippen LogP contribution < -0.4 is 5.32 Å². The molecule has 5 rings (SSSR count). The van der Waals surface area contributed by atoms with Crippen LogP contribution in [0, 0.1) is 0 Å². The quantitative estimate of drug-likeness (QED) is 0.292. The average Bonchev–Trinajstić information content (AvgIpc) is 3.45. The van der Waals surface area contributed by atoms with Crippen LogP contribution in [0.3, 0.4) is 0 Å². The fraction of sp³-hybridized carbons (Fsp3) is 0.0833. The van der Waals surface area contributed by atoms with E-state index in [1.54, 1.807) is 42.1 Å². The van der Waals surface area contributed by atoms with Gasteiger partial charge in [-0.25, -0.2) is 18.1 Å². The molecule has 8 nitrogen and oxygen atoms in total. The zero-order chi connectivity index (χ0) is 24.3. The number of benzene rings is 3. The molecule has 2 heterocycles. The van der Waals surface area contributed by atoms with Crippen molar-refractivity contribution in [3.63, 3.8) is 0 Å². The summed E-state index contributed by atoms with van der Waals surface area (Å²) in [5.74, 6) is -0.665. The van der Waals surface area contributed by atoms with Crippen LogP contribution in [0.5, 0.6) is 0 Å². The minimum absolute atomic E-state index is 0.521. The van der Waals surface area contributed by atoms with E-state index in [0.717, 1.165) is 36.6 Å². The van der Waals surface area contributed by atoms with Crippen LogP contribution >= 0.6 is 23.1 Å². The monoisotopic (exact) mass is 521 g/mol. The average molecular weight is 522 g/mol. The highest BCUT2D eigenvalue weighted by Gasteiger charge is 2.15. The maximum absolute atomic E-state index is 12.4. The normalized spacial score (nSPS) is 12.0. The molecule has 0 saturated heterocycles. The highest BCUT2D eigenvalue weighted by atomic mass is 32.2. The lowest BCUT2D eigenvalue weighted by Crippen LogP contribution is -2.21. The molecule has 176 valence electrons. The zero-order valence-electron chi connectivity index (χ0n) is 18.2. The summed E-state index contributed by atoms with van der Waals surface area (Å²) in [5.41, 5.74) is 3.87. The van der Waals surface area contributed by atoms with Gasteiger partial charge in [-0.2, -0.15) is 0 Å². The van der Waals surface area contributed by atoms with Gasteiger partial charge in [0.05, 0.1) is 21.6 Å². The molecule has 5 aromatic rings. The zero-order valence-corrected chi connectivity index (χ0v) is 20.7. The molecule has 11 heteroatoms. The molecule has 3 aromatic carbocycles. The fourth-order valence-corrected chi connectivity index (χ4v) is 6.23. The molecule has 0 spiro atoms. The number of amides is 1. The Morgan fingerprint density at radius 2 is 1.83 bits per heavy atom. The number of thiazole rings is 1. The molecule has 0 radical (unpaired) electrons. The Balaban J connectivity index is 1.22. The number of nitrogens with one attached hydrogen (secondary N) is 1. The highest BCUT2D eigenvalue weighted by Crippen LogP contribution is 2.32. The number of para-hydroxylation sites is 1. The van der Waals surface area contributed by atoms with Crippen LogP contribution in [-0.2, 0) is 20.5 Å². The molecule has 0 saturated carbocycles. The van der Waals surface area contributed by atoms with Crippen molar-refractivity contribution in [2.75, 3.05) is 11.1 Å². The van der Waals surface area contributed by atoms with E-state index in [1.165, 1.54) is 17.4 Å². The Bertz CT molecular complexity index is 1640. The summed E-state index contributed by atoms with van der Waals surface area (Å²) in [6.07, 6.45) is 1.48. The van der Waals surface area contributed by atoms with E-state index in [0.29, 0.717) is 11.6 Å². The van der Waals surface area contributed by atoms with Crippen LogP contribution in [0.25, 0.3) is 27.3 Å². The molecule has 0 atom stereocenters. The second-order valence-electron chi connectivity index (χ2n) is 7.58. The number of anilines is 1. The molecule has 2 aromatic heterocycles. The van der Waals surface area contributed by atoms with E-state index in [-0.39, 0.29) is 0 Å². The molecule has 0 bridgehead atoms. The third-order valence-corrected chi connectivity index (χ3v) is 8.33. The SMILES string of the molecule is O=C(CS(=O)(=O)C=Cc1ccccc1)Nc1ccc2nc(SCn3nnc4ccccc43)sc2c1. The number of carbonyl (C=O) groups is 1. The maximum atomic E-state index is 12.4. The van der Waals surface area contributed by atoms with Gasteiger partial charge in [0.1, 0.15) is 11.3 Å². The first-order valence-corrected chi connectivity index (χ1v) is 14.0. The van der Waals surface area contributed by atoms with Crippen LogP contribution in [-0.4, -0.2) is 40.1 Å². The summed E-state index contributed by atoms with van der Waals surface area (Å²) in [4.78, 5) is 17.0. The van der Waals surface area contributed by atoms with E-state index in [1.807, 2.05) is 47.1 Å². The molecular formula is C24H19N5O3S3. The largest absolute Gasteiger partial charge is 0.325 e. The molecule has 0 fully saturated rings. The van der Waals surface area contributed by atoms with Crippen LogP contribution in [0.4, 0.5) is 5.69 Å². The first-order chi connectivity index (χ1) is 16.9. The van der Waals surface area contributed by atoms with Crippen molar-refractivity contribution in [1.82, 2.24) is 20.0 Å². The number of hydrogen-bond acceptors (Lipinski definition) is 8. The lowest BCUT2D eigenvalue weighted by Gasteiger charge is -2.04. The molecule has 35 heavy (non-hydrogen) atoms. The van der Waals surface area contributed by atoms with Crippen molar-refractivity contribution < 1.29 is 13.2 Å². The summed E-state index contributed by atoms with van der Waals surface area (Å²) in [7, 11) is -3.70. The third kappa shape index (κ3) is 5.76. The van der Waals surface area contributed by atoms with E-state index in [9.17, 15) is 13.2 Å². The Morgan fingerprint density at radius 1 is 1.03 bits per heavy atom. The van der Waals surface area contributed by atoms with Gasteiger partial charge in [0.25, 0.3) is 0 Å². The number of aromatic nitrogens is 4. The molecule has 1 N–H and O–H groups in total. The van der Waals surface area contributed by atoms with Gasteiger partial charge >= 0.3 is 0 Å². The van der Waals surface area contributed by atoms with Crippen molar-refractivity contribution in [3.05, 3.63) is 83.8 Å². The van der Waals surface area contributed by atoms with Gasteiger partial charge in [-0.15, -0.1) is 16.4 Å². The molecule has 0 unspecified atom stereocenters. The molecule has 0 aliphatic carbocycles. The van der Waals surface area contributed by atoms with Crippen LogP contribution in [0.15, 0.2) is 82.5 Å². The number of thioether (sulfide) groups is 1. The van der Waals surface area contributed by atoms with Gasteiger partial charge in [-0.1, -0.05) is 59.4 Å². The van der Waals surface area contributed by atoms with Gasteiger partial charge in [0, 0.05) is 11.1 Å². The number of rotatable bonds is 8. The Labute approximate surface area is 209 Å². The number of nitrogens with zero attached hydrogens (tertiary/aromatic N) is 4. The second-order valence-corrected chi connectivity index (χ2v) is 11.7. The number of hydrogen-bond donors (Lipinski definition) is 1. The summed E-state index contributed by atoms with van der Waals surface area (Å²) in [5, 5.41) is 12.1. The third-order valence-electron chi connectivity index (χ3n) is 4.98. The fourth-order valence-electron chi connectivity index (χ4n) is 3.35. The summed E-state index contributed by atoms with van der Waals surface area (Å²) < 4.78 is 28.2. The first kappa shape index (κ1) is 23.2. The van der Waals surface area contributed by atoms with Gasteiger partial charge in [-0.3, -0.25) is 4.79 Å². The summed E-state index contributed by atoms with van der Waals surface area (Å²) >= 11 is 3.04. The van der Waals surface area contributed by atoms with Crippen molar-refractivity contribution in [1.29, 1.82) is 0 Å². The number of sulfone groups is 1. The van der Waals surface area contributed by atoms with E-state index < -0.39 is 21.5 Å². The molecule has 0 aliphatic rings. The van der Waals surface area contributed by atoms with Crippen molar-refractivity contribution in [3.8, 4) is 0 Å². The van der Waals surface area contributed by atoms with E-state index >= 15 is 0 Å². The highest BCUT2D eigenvalue weighted by molar-refractivity contribution is 8.00. The lowest BCUT2D eigenvalue weighted by molar-refractivity contribution is -0.113. The van der Waals surface area contributed by atoms with Crippen LogP contribution in [0.2, 0.25) is 0 Å². The van der Waals surface area contributed by atoms with Crippen molar-refractivity contribution in [2.24, 2.45) is 0 Å². The van der Waals surface area contributed by atoms with Gasteiger partial charge < -0.3 is 5.32 Å². The lowest BCUT2D eigenvalue weighted by atomic mass is 10.2. The predicted octanol–water partition coefficient (Wildman–Crippen LogP) is 4.82. The van der Waals surface area contributed by atoms with Gasteiger partial charge in [0.15, 0.2) is 14.2 Å². The van der Waals surface area contributed by atoms with Crippen LogP contribution in [0.1, 0.15) is 5.56 Å². The predicted molar refractivity (Wildman–Crippen MR) is 141 cm³/mol. The second kappa shape index (κ2) is 9.98. The molecular weight excluding hydrogens is 502 g/mol. The van der Waals surface area contributed by atoms with Crippen molar-refractivity contribution >= 4 is 71.9 Å². The van der Waals surface area contributed by atoms with E-state index in [2.05, 4.69) is 20.6 Å².